The largest absolute Gasteiger partial charge is 0.396 e. The number of nitrogens with zero attached hydrogens (tertiary/aromatic N) is 1. The van der Waals surface area contributed by atoms with E-state index in [4.69, 9.17) is 5.11 Å². The predicted molar refractivity (Wildman–Crippen MR) is 64.9 cm³/mol. The van der Waals surface area contributed by atoms with E-state index < -0.39 is 26.6 Å². The Hall–Kier alpha value is -1.05. The Morgan fingerprint density at radius 2 is 2.11 bits per heavy atom. The minimum Gasteiger partial charge on any atom is -0.396 e. The first-order valence-corrected chi connectivity index (χ1v) is 7.45. The molecule has 4 nitrogen and oxygen atoms in total. The van der Waals surface area contributed by atoms with E-state index in [1.54, 1.807) is 0 Å². The van der Waals surface area contributed by atoms with Gasteiger partial charge in [-0.1, -0.05) is 0 Å². The Labute approximate surface area is 110 Å². The lowest BCUT2D eigenvalue weighted by Crippen LogP contribution is -2.41. The Bertz CT molecular complexity index is 562. The lowest BCUT2D eigenvalue weighted by Gasteiger charge is -2.31. The molecule has 1 aliphatic heterocycles. The van der Waals surface area contributed by atoms with Gasteiger partial charge < -0.3 is 5.11 Å². The maximum atomic E-state index is 13.6. The molecule has 0 aliphatic carbocycles. The van der Waals surface area contributed by atoms with Gasteiger partial charge in [-0.2, -0.15) is 4.31 Å². The first kappa shape index (κ1) is 14.4. The Balaban J connectivity index is 2.31. The molecule has 0 aromatic heterocycles. The molecule has 1 unspecified atom stereocenters. The van der Waals surface area contributed by atoms with Crippen molar-refractivity contribution in [2.75, 3.05) is 19.7 Å². The van der Waals surface area contributed by atoms with Crippen LogP contribution in [0.15, 0.2) is 23.1 Å². The normalized spacial score (nSPS) is 21.5. The molecule has 1 heterocycles. The number of rotatable bonds is 3. The van der Waals surface area contributed by atoms with Gasteiger partial charge in [-0.25, -0.2) is 17.2 Å². The van der Waals surface area contributed by atoms with Crippen LogP contribution in [0.1, 0.15) is 12.8 Å². The average molecular weight is 291 g/mol. The highest BCUT2D eigenvalue weighted by Crippen LogP contribution is 2.25. The molecule has 0 bridgehead atoms. The summed E-state index contributed by atoms with van der Waals surface area (Å²) in [4.78, 5) is -0.521. The summed E-state index contributed by atoms with van der Waals surface area (Å²) < 4.78 is 52.1. The molecule has 1 aromatic rings. The molecule has 1 atom stereocenters. The number of piperidine rings is 1. The van der Waals surface area contributed by atoms with Gasteiger partial charge in [0.1, 0.15) is 16.5 Å². The van der Waals surface area contributed by atoms with Crippen LogP contribution in [-0.2, 0) is 10.0 Å². The molecule has 0 radical (unpaired) electrons. The van der Waals surface area contributed by atoms with Crippen molar-refractivity contribution in [2.24, 2.45) is 5.92 Å². The highest BCUT2D eigenvalue weighted by atomic mass is 32.2. The molecular weight excluding hydrogens is 276 g/mol. The quantitative estimate of drug-likeness (QED) is 0.915. The number of hydrogen-bond acceptors (Lipinski definition) is 3. The Kier molecular flexibility index (Phi) is 4.17. The molecule has 19 heavy (non-hydrogen) atoms. The topological polar surface area (TPSA) is 57.6 Å². The second-order valence-corrected chi connectivity index (χ2v) is 6.53. The van der Waals surface area contributed by atoms with Crippen molar-refractivity contribution >= 4 is 10.0 Å². The fourth-order valence-electron chi connectivity index (χ4n) is 2.22. The fraction of sp³-hybridized carbons (Fsp3) is 0.500. The fourth-order valence-corrected chi connectivity index (χ4v) is 3.82. The maximum absolute atomic E-state index is 13.6. The van der Waals surface area contributed by atoms with Crippen LogP contribution in [-0.4, -0.2) is 37.5 Å². The molecule has 0 saturated carbocycles. The zero-order valence-electron chi connectivity index (χ0n) is 10.2. The van der Waals surface area contributed by atoms with Crippen molar-refractivity contribution in [3.63, 3.8) is 0 Å². The van der Waals surface area contributed by atoms with E-state index in [-0.39, 0.29) is 25.6 Å². The first-order chi connectivity index (χ1) is 8.95. The van der Waals surface area contributed by atoms with E-state index in [1.807, 2.05) is 0 Å². The first-order valence-electron chi connectivity index (χ1n) is 6.01. The minimum atomic E-state index is -3.97. The second-order valence-electron chi connectivity index (χ2n) is 4.63. The smallest absolute Gasteiger partial charge is 0.245 e. The molecule has 0 amide bonds. The second kappa shape index (κ2) is 5.52. The minimum absolute atomic E-state index is 0.0993. The monoisotopic (exact) mass is 291 g/mol. The summed E-state index contributed by atoms with van der Waals surface area (Å²) in [5.74, 6) is -2.04. The molecule has 1 aromatic carbocycles. The van der Waals surface area contributed by atoms with E-state index in [0.29, 0.717) is 12.5 Å². The van der Waals surface area contributed by atoms with Crippen molar-refractivity contribution in [2.45, 2.75) is 17.7 Å². The Morgan fingerprint density at radius 3 is 2.74 bits per heavy atom. The van der Waals surface area contributed by atoms with Crippen LogP contribution < -0.4 is 0 Å². The van der Waals surface area contributed by atoms with Crippen LogP contribution in [0.4, 0.5) is 8.78 Å². The van der Waals surface area contributed by atoms with Crippen molar-refractivity contribution in [1.82, 2.24) is 4.31 Å². The van der Waals surface area contributed by atoms with Crippen LogP contribution in [0.25, 0.3) is 0 Å². The van der Waals surface area contributed by atoms with E-state index >= 15 is 0 Å². The number of aliphatic hydroxyl groups excluding tert-OH is 1. The molecule has 1 saturated heterocycles. The van der Waals surface area contributed by atoms with Crippen molar-refractivity contribution in [1.29, 1.82) is 0 Å². The summed E-state index contributed by atoms with van der Waals surface area (Å²) in [6, 6.07) is 2.41. The summed E-state index contributed by atoms with van der Waals surface area (Å²) in [6.45, 7) is 0.350. The molecule has 106 valence electrons. The number of halogens is 2. The standard InChI is InChI=1S/C12H15F2NO3S/c13-10-3-4-12(11(14)6-10)19(17,18)15-5-1-2-9(7-15)8-16/h3-4,6,9,16H,1-2,5,7-8H2. The van der Waals surface area contributed by atoms with Crippen molar-refractivity contribution in [3.05, 3.63) is 29.8 Å². The zero-order chi connectivity index (χ0) is 14.0. The molecule has 0 spiro atoms. The third kappa shape index (κ3) is 2.93. The third-order valence-electron chi connectivity index (χ3n) is 3.25. The van der Waals surface area contributed by atoms with Crippen LogP contribution >= 0.6 is 0 Å². The van der Waals surface area contributed by atoms with E-state index in [1.165, 1.54) is 0 Å². The number of hydrogen-bond donors (Lipinski definition) is 1. The molecule has 1 N–H and O–H groups in total. The van der Waals surface area contributed by atoms with Gasteiger partial charge in [-0.3, -0.25) is 0 Å². The SMILES string of the molecule is O=S(=O)(c1ccc(F)cc1F)N1CCCC(CO)C1. The van der Waals surface area contributed by atoms with Gasteiger partial charge >= 0.3 is 0 Å². The van der Waals surface area contributed by atoms with Crippen molar-refractivity contribution < 1.29 is 22.3 Å². The summed E-state index contributed by atoms with van der Waals surface area (Å²) in [5, 5.41) is 9.09. The molecular formula is C12H15F2NO3S. The Morgan fingerprint density at radius 1 is 1.37 bits per heavy atom. The molecule has 1 fully saturated rings. The van der Waals surface area contributed by atoms with Gasteiger partial charge in [0, 0.05) is 25.8 Å². The van der Waals surface area contributed by atoms with Crippen LogP contribution in [0, 0.1) is 17.6 Å². The number of aliphatic hydroxyl groups is 1. The van der Waals surface area contributed by atoms with Gasteiger partial charge in [0.25, 0.3) is 0 Å². The number of sulfonamides is 1. The summed E-state index contributed by atoms with van der Waals surface area (Å²) in [5.41, 5.74) is 0. The summed E-state index contributed by atoms with van der Waals surface area (Å²) in [7, 11) is -3.97. The van der Waals surface area contributed by atoms with Gasteiger partial charge in [-0.15, -0.1) is 0 Å². The molecule has 1 aliphatic rings. The number of benzene rings is 1. The lowest BCUT2D eigenvalue weighted by atomic mass is 10.0. The van der Waals surface area contributed by atoms with Crippen LogP contribution in [0.2, 0.25) is 0 Å². The highest BCUT2D eigenvalue weighted by Gasteiger charge is 2.31. The third-order valence-corrected chi connectivity index (χ3v) is 5.15. The summed E-state index contributed by atoms with van der Waals surface area (Å²) in [6.07, 6.45) is 1.36. The van der Waals surface area contributed by atoms with Crippen LogP contribution in [0.3, 0.4) is 0 Å². The lowest BCUT2D eigenvalue weighted by molar-refractivity contribution is 0.165. The predicted octanol–water partition coefficient (Wildman–Crippen LogP) is 1.36. The molecule has 7 heteroatoms. The highest BCUT2D eigenvalue weighted by molar-refractivity contribution is 7.89. The van der Waals surface area contributed by atoms with Crippen LogP contribution in [0.5, 0.6) is 0 Å². The molecule has 2 rings (SSSR count). The average Bonchev–Trinajstić information content (AvgIpc) is 2.38. The van der Waals surface area contributed by atoms with E-state index in [2.05, 4.69) is 0 Å². The van der Waals surface area contributed by atoms with Gasteiger partial charge in [0.2, 0.25) is 10.0 Å². The zero-order valence-corrected chi connectivity index (χ0v) is 11.0. The van der Waals surface area contributed by atoms with Gasteiger partial charge in [-0.05, 0) is 30.9 Å². The van der Waals surface area contributed by atoms with Gasteiger partial charge in [0.15, 0.2) is 0 Å². The summed E-state index contributed by atoms with van der Waals surface area (Å²) >= 11 is 0. The van der Waals surface area contributed by atoms with E-state index in [0.717, 1.165) is 22.9 Å². The van der Waals surface area contributed by atoms with Crippen molar-refractivity contribution in [3.8, 4) is 0 Å². The maximum Gasteiger partial charge on any atom is 0.245 e. The van der Waals surface area contributed by atoms with E-state index in [9.17, 15) is 17.2 Å². The van der Waals surface area contributed by atoms with Gasteiger partial charge in [0.05, 0.1) is 0 Å².